The number of piperidine rings is 1. The van der Waals surface area contributed by atoms with Gasteiger partial charge in [0.05, 0.1) is 11.8 Å². The maximum absolute atomic E-state index is 13.0. The highest BCUT2D eigenvalue weighted by atomic mass is 32.2. The van der Waals surface area contributed by atoms with Gasteiger partial charge in [0, 0.05) is 30.3 Å². The summed E-state index contributed by atoms with van der Waals surface area (Å²) >= 11 is 0. The number of aromatic nitrogens is 1. The molecule has 0 radical (unpaired) electrons. The van der Waals surface area contributed by atoms with Gasteiger partial charge >= 0.3 is 0 Å². The third-order valence-electron chi connectivity index (χ3n) is 4.70. The van der Waals surface area contributed by atoms with E-state index < -0.39 is 10.0 Å². The van der Waals surface area contributed by atoms with Gasteiger partial charge in [-0.2, -0.15) is 0 Å². The van der Waals surface area contributed by atoms with Crippen LogP contribution >= 0.6 is 0 Å². The molecule has 3 rings (SSSR count). The van der Waals surface area contributed by atoms with E-state index in [2.05, 4.69) is 0 Å². The molecular formula is C17H21N3O4S. The van der Waals surface area contributed by atoms with E-state index in [0.717, 1.165) is 11.6 Å². The number of nitrogen functional groups attached to an aromatic ring is 1. The predicted molar refractivity (Wildman–Crippen MR) is 97.1 cm³/mol. The van der Waals surface area contributed by atoms with Crippen LogP contribution in [0.4, 0.5) is 5.69 Å². The van der Waals surface area contributed by atoms with Gasteiger partial charge in [-0.25, -0.2) is 17.3 Å². The van der Waals surface area contributed by atoms with Gasteiger partial charge in [-0.15, -0.1) is 0 Å². The molecule has 0 atom stereocenters. The summed E-state index contributed by atoms with van der Waals surface area (Å²) < 4.78 is 25.8. The molecule has 8 heteroatoms. The van der Waals surface area contributed by atoms with Crippen molar-refractivity contribution in [2.75, 3.05) is 25.1 Å². The fourth-order valence-electron chi connectivity index (χ4n) is 3.29. The van der Waals surface area contributed by atoms with E-state index in [4.69, 9.17) is 5.73 Å². The number of carbonyl (C=O) groups excluding carboxylic acids is 1. The number of fused-ring (bicyclic) bond motifs is 1. The van der Waals surface area contributed by atoms with Gasteiger partial charge in [0.15, 0.2) is 0 Å². The summed E-state index contributed by atoms with van der Waals surface area (Å²) in [5.41, 5.74) is 6.93. The molecule has 1 aliphatic rings. The third kappa shape index (κ3) is 3.32. The standard InChI is InChI=1S/C17H21N3O4S/c1-11-9-13-3-4-14(18)10-15(13)20(16(11)21)17(22)12-5-7-19(8-6-12)25(2,23)24/h3-4,9-10,12H,5-8,18H2,1-2H3. The normalized spacial score (nSPS) is 17.0. The van der Waals surface area contributed by atoms with Crippen LogP contribution in [0.15, 0.2) is 29.1 Å². The van der Waals surface area contributed by atoms with Gasteiger partial charge in [-0.1, -0.05) is 6.07 Å². The zero-order valence-corrected chi connectivity index (χ0v) is 15.0. The molecule has 2 heterocycles. The highest BCUT2D eigenvalue weighted by Crippen LogP contribution is 2.23. The average Bonchev–Trinajstić information content (AvgIpc) is 2.55. The van der Waals surface area contributed by atoms with E-state index in [1.807, 2.05) is 0 Å². The lowest BCUT2D eigenvalue weighted by Gasteiger charge is -2.29. The fourth-order valence-corrected chi connectivity index (χ4v) is 4.17. The second-order valence-corrected chi connectivity index (χ2v) is 8.54. The lowest BCUT2D eigenvalue weighted by atomic mass is 9.96. The molecule has 25 heavy (non-hydrogen) atoms. The van der Waals surface area contributed by atoms with Crippen molar-refractivity contribution in [2.24, 2.45) is 5.92 Å². The van der Waals surface area contributed by atoms with Crippen LogP contribution in [0.3, 0.4) is 0 Å². The van der Waals surface area contributed by atoms with Crippen molar-refractivity contribution < 1.29 is 13.2 Å². The maximum Gasteiger partial charge on any atom is 0.260 e. The van der Waals surface area contributed by atoms with Crippen molar-refractivity contribution in [1.82, 2.24) is 8.87 Å². The van der Waals surface area contributed by atoms with Crippen LogP contribution in [0.1, 0.15) is 23.2 Å². The Bertz CT molecular complexity index is 1000. The Morgan fingerprint density at radius 2 is 1.84 bits per heavy atom. The molecule has 134 valence electrons. The van der Waals surface area contributed by atoms with Gasteiger partial charge in [-0.3, -0.25) is 9.59 Å². The third-order valence-corrected chi connectivity index (χ3v) is 6.00. The Labute approximate surface area is 146 Å². The van der Waals surface area contributed by atoms with Crippen molar-refractivity contribution >= 4 is 32.5 Å². The van der Waals surface area contributed by atoms with Crippen LogP contribution in [0.25, 0.3) is 10.9 Å². The number of aryl methyl sites for hydroxylation is 1. The quantitative estimate of drug-likeness (QED) is 0.808. The van der Waals surface area contributed by atoms with E-state index in [-0.39, 0.29) is 30.5 Å². The first-order valence-electron chi connectivity index (χ1n) is 8.09. The van der Waals surface area contributed by atoms with E-state index >= 15 is 0 Å². The zero-order chi connectivity index (χ0) is 18.4. The molecule has 0 aliphatic carbocycles. The van der Waals surface area contributed by atoms with Gasteiger partial charge in [-0.05, 0) is 43.4 Å². The van der Waals surface area contributed by atoms with E-state index in [0.29, 0.717) is 29.6 Å². The predicted octanol–water partition coefficient (Wildman–Crippen LogP) is 1.20. The van der Waals surface area contributed by atoms with Crippen molar-refractivity contribution in [3.8, 4) is 0 Å². The van der Waals surface area contributed by atoms with Crippen molar-refractivity contribution in [3.63, 3.8) is 0 Å². The van der Waals surface area contributed by atoms with Crippen molar-refractivity contribution in [1.29, 1.82) is 0 Å². The summed E-state index contributed by atoms with van der Waals surface area (Å²) in [6.45, 7) is 2.25. The number of hydrogen-bond donors (Lipinski definition) is 1. The number of rotatable bonds is 2. The molecule has 2 aromatic rings. The lowest BCUT2D eigenvalue weighted by Crippen LogP contribution is -2.42. The summed E-state index contributed by atoms with van der Waals surface area (Å²) in [5.74, 6) is -0.681. The monoisotopic (exact) mass is 363 g/mol. The molecule has 0 saturated carbocycles. The molecule has 1 aromatic heterocycles. The fraction of sp³-hybridized carbons (Fsp3) is 0.412. The summed E-state index contributed by atoms with van der Waals surface area (Å²) in [5, 5.41) is 0.772. The Hall–Kier alpha value is -2.19. The molecule has 7 nitrogen and oxygen atoms in total. The SMILES string of the molecule is Cc1cc2ccc(N)cc2n(C(=O)C2CCN(S(C)(=O)=O)CC2)c1=O. The number of carbonyl (C=O) groups is 1. The molecule has 0 bridgehead atoms. The summed E-state index contributed by atoms with van der Waals surface area (Å²) in [7, 11) is -3.26. The van der Waals surface area contributed by atoms with Crippen molar-refractivity contribution in [2.45, 2.75) is 19.8 Å². The zero-order valence-electron chi connectivity index (χ0n) is 14.2. The van der Waals surface area contributed by atoms with E-state index in [1.165, 1.54) is 8.87 Å². The minimum Gasteiger partial charge on any atom is -0.399 e. The first kappa shape index (κ1) is 17.6. The second-order valence-electron chi connectivity index (χ2n) is 6.56. The molecular weight excluding hydrogens is 342 g/mol. The van der Waals surface area contributed by atoms with Crippen LogP contribution < -0.4 is 11.3 Å². The molecule has 1 aromatic carbocycles. The van der Waals surface area contributed by atoms with Gasteiger partial charge < -0.3 is 5.73 Å². The largest absolute Gasteiger partial charge is 0.399 e. The minimum atomic E-state index is -3.26. The molecule has 1 aliphatic heterocycles. The van der Waals surface area contributed by atoms with E-state index in [9.17, 15) is 18.0 Å². The van der Waals surface area contributed by atoms with Gasteiger partial charge in [0.2, 0.25) is 15.9 Å². The Morgan fingerprint density at radius 3 is 2.44 bits per heavy atom. The molecule has 0 spiro atoms. The van der Waals surface area contributed by atoms with Crippen LogP contribution in [0, 0.1) is 12.8 Å². The smallest absolute Gasteiger partial charge is 0.260 e. The van der Waals surface area contributed by atoms with Crippen LogP contribution in [0.2, 0.25) is 0 Å². The van der Waals surface area contributed by atoms with Crippen LogP contribution in [-0.4, -0.2) is 42.5 Å². The Morgan fingerprint density at radius 1 is 1.20 bits per heavy atom. The topological polar surface area (TPSA) is 102 Å². The molecule has 0 unspecified atom stereocenters. The minimum absolute atomic E-state index is 0.288. The van der Waals surface area contributed by atoms with E-state index in [1.54, 1.807) is 31.2 Å². The Balaban J connectivity index is 2.00. The summed E-state index contributed by atoms with van der Waals surface area (Å²) in [6.07, 6.45) is 1.96. The molecule has 1 fully saturated rings. The highest BCUT2D eigenvalue weighted by molar-refractivity contribution is 7.88. The molecule has 0 amide bonds. The first-order chi connectivity index (χ1) is 11.7. The lowest BCUT2D eigenvalue weighted by molar-refractivity contribution is 0.0788. The number of hydrogen-bond acceptors (Lipinski definition) is 5. The second kappa shape index (κ2) is 6.27. The van der Waals surface area contributed by atoms with Crippen LogP contribution in [-0.2, 0) is 10.0 Å². The molecule has 1 saturated heterocycles. The number of sulfonamides is 1. The van der Waals surface area contributed by atoms with Gasteiger partial charge in [0.25, 0.3) is 5.56 Å². The first-order valence-corrected chi connectivity index (χ1v) is 9.94. The van der Waals surface area contributed by atoms with Gasteiger partial charge in [0.1, 0.15) is 0 Å². The average molecular weight is 363 g/mol. The maximum atomic E-state index is 13.0. The highest BCUT2D eigenvalue weighted by Gasteiger charge is 2.30. The van der Waals surface area contributed by atoms with Crippen molar-refractivity contribution in [3.05, 3.63) is 40.2 Å². The summed E-state index contributed by atoms with van der Waals surface area (Å²) in [6, 6.07) is 6.88. The number of pyridine rings is 1. The Kier molecular flexibility index (Phi) is 4.42. The number of benzene rings is 1. The summed E-state index contributed by atoms with van der Waals surface area (Å²) in [4.78, 5) is 25.6. The number of nitrogens with zero attached hydrogens (tertiary/aromatic N) is 2. The number of anilines is 1. The number of nitrogens with two attached hydrogens (primary N) is 1. The molecule has 2 N–H and O–H groups in total. The van der Waals surface area contributed by atoms with Crippen LogP contribution in [0.5, 0.6) is 0 Å².